The maximum Gasteiger partial charge on any atom is 0.265 e. The van der Waals surface area contributed by atoms with Crippen molar-refractivity contribution < 1.29 is 14.3 Å². The van der Waals surface area contributed by atoms with Crippen molar-refractivity contribution in [3.05, 3.63) is 35.2 Å². The van der Waals surface area contributed by atoms with Crippen molar-refractivity contribution in [2.45, 2.75) is 17.9 Å². The minimum Gasteiger partial charge on any atom is -0.383 e. The van der Waals surface area contributed by atoms with E-state index in [1.807, 2.05) is 31.2 Å². The molecule has 2 amide bonds. The molecule has 5 nitrogen and oxygen atoms in total. The van der Waals surface area contributed by atoms with E-state index in [1.165, 1.54) is 17.8 Å². The number of methoxy groups -OCH3 is 1. The molecule has 6 heteroatoms. The SMILES string of the molecule is COC[C@@H](C)NC(=O)/C=C1/Sc2ccccc2N(C)C1=O. The smallest absolute Gasteiger partial charge is 0.265 e. The summed E-state index contributed by atoms with van der Waals surface area (Å²) in [7, 11) is 3.29. The van der Waals surface area contributed by atoms with E-state index in [0.29, 0.717) is 11.5 Å². The largest absolute Gasteiger partial charge is 0.383 e. The lowest BCUT2D eigenvalue weighted by Crippen LogP contribution is -2.36. The number of hydrogen-bond donors (Lipinski definition) is 1. The number of carbonyl (C=O) groups excluding carboxylic acids is 2. The molecule has 0 unspecified atom stereocenters. The summed E-state index contributed by atoms with van der Waals surface area (Å²) < 4.78 is 4.96. The number of nitrogens with zero attached hydrogens (tertiary/aromatic N) is 1. The highest BCUT2D eigenvalue weighted by atomic mass is 32.2. The molecule has 1 aromatic rings. The zero-order chi connectivity index (χ0) is 15.4. The fraction of sp³-hybridized carbons (Fsp3) is 0.333. The number of para-hydroxylation sites is 1. The number of anilines is 1. The molecule has 0 aliphatic carbocycles. The Kier molecular flexibility index (Phi) is 5.03. The molecule has 0 fully saturated rings. The van der Waals surface area contributed by atoms with Crippen molar-refractivity contribution in [1.82, 2.24) is 5.32 Å². The first-order chi connectivity index (χ1) is 10.0. The summed E-state index contributed by atoms with van der Waals surface area (Å²) in [6.07, 6.45) is 1.35. The Morgan fingerprint density at radius 3 is 2.90 bits per heavy atom. The van der Waals surface area contributed by atoms with Crippen LogP contribution in [0.15, 0.2) is 40.1 Å². The Hall–Kier alpha value is -1.79. The molecule has 0 radical (unpaired) electrons. The Morgan fingerprint density at radius 2 is 2.19 bits per heavy atom. The first-order valence-electron chi connectivity index (χ1n) is 6.59. The monoisotopic (exact) mass is 306 g/mol. The topological polar surface area (TPSA) is 58.6 Å². The van der Waals surface area contributed by atoms with E-state index >= 15 is 0 Å². The van der Waals surface area contributed by atoms with Crippen LogP contribution in [0.25, 0.3) is 0 Å². The van der Waals surface area contributed by atoms with E-state index in [0.717, 1.165) is 10.6 Å². The predicted octanol–water partition coefficient (Wildman–Crippen LogP) is 1.79. The van der Waals surface area contributed by atoms with E-state index in [-0.39, 0.29) is 17.9 Å². The zero-order valence-corrected chi connectivity index (χ0v) is 13.1. The van der Waals surface area contributed by atoms with Gasteiger partial charge in [-0.1, -0.05) is 23.9 Å². The molecule has 0 bridgehead atoms. The van der Waals surface area contributed by atoms with Crippen LogP contribution in [0.2, 0.25) is 0 Å². The van der Waals surface area contributed by atoms with Crippen LogP contribution in [0.3, 0.4) is 0 Å². The number of rotatable bonds is 4. The third kappa shape index (κ3) is 3.65. The van der Waals surface area contributed by atoms with Crippen molar-refractivity contribution in [3.8, 4) is 0 Å². The third-order valence-electron chi connectivity index (χ3n) is 3.03. The predicted molar refractivity (Wildman–Crippen MR) is 83.3 cm³/mol. The summed E-state index contributed by atoms with van der Waals surface area (Å²) in [4.78, 5) is 27.1. The number of nitrogens with one attached hydrogen (secondary N) is 1. The minimum atomic E-state index is -0.289. The van der Waals surface area contributed by atoms with E-state index < -0.39 is 0 Å². The van der Waals surface area contributed by atoms with Crippen LogP contribution >= 0.6 is 11.8 Å². The Morgan fingerprint density at radius 1 is 1.48 bits per heavy atom. The van der Waals surface area contributed by atoms with Gasteiger partial charge in [0.25, 0.3) is 5.91 Å². The first kappa shape index (κ1) is 15.6. The lowest BCUT2D eigenvalue weighted by molar-refractivity contribution is -0.118. The number of carbonyl (C=O) groups is 2. The van der Waals surface area contributed by atoms with Crippen LogP contribution in [0.5, 0.6) is 0 Å². The fourth-order valence-corrected chi connectivity index (χ4v) is 3.13. The molecule has 1 aliphatic heterocycles. The minimum absolute atomic E-state index is 0.104. The molecule has 0 saturated carbocycles. The van der Waals surface area contributed by atoms with Crippen molar-refractivity contribution in [2.24, 2.45) is 0 Å². The average Bonchev–Trinajstić information content (AvgIpc) is 2.44. The second-order valence-corrected chi connectivity index (χ2v) is 5.89. The van der Waals surface area contributed by atoms with E-state index in [1.54, 1.807) is 19.1 Å². The van der Waals surface area contributed by atoms with Crippen molar-refractivity contribution in [1.29, 1.82) is 0 Å². The second kappa shape index (κ2) is 6.78. The summed E-state index contributed by atoms with van der Waals surface area (Å²) in [5.74, 6) is -0.462. The van der Waals surface area contributed by atoms with E-state index in [2.05, 4.69) is 5.32 Å². The van der Waals surface area contributed by atoms with Gasteiger partial charge in [-0.3, -0.25) is 9.59 Å². The quantitative estimate of drug-likeness (QED) is 0.862. The molecule has 1 aromatic carbocycles. The molecule has 112 valence electrons. The fourth-order valence-electron chi connectivity index (χ4n) is 2.04. The summed E-state index contributed by atoms with van der Waals surface area (Å²) in [5.41, 5.74) is 0.859. The number of benzene rings is 1. The molecule has 0 aromatic heterocycles. The number of ether oxygens (including phenoxy) is 1. The lowest BCUT2D eigenvalue weighted by atomic mass is 10.2. The van der Waals surface area contributed by atoms with Gasteiger partial charge in [0.05, 0.1) is 17.2 Å². The molecule has 1 N–H and O–H groups in total. The number of fused-ring (bicyclic) bond motifs is 1. The van der Waals surface area contributed by atoms with Gasteiger partial charge in [0.15, 0.2) is 0 Å². The highest BCUT2D eigenvalue weighted by Crippen LogP contribution is 2.40. The van der Waals surface area contributed by atoms with Gasteiger partial charge >= 0.3 is 0 Å². The Balaban J connectivity index is 2.16. The summed E-state index contributed by atoms with van der Waals surface area (Å²) in [6, 6.07) is 7.51. The van der Waals surface area contributed by atoms with Crippen molar-refractivity contribution in [3.63, 3.8) is 0 Å². The highest BCUT2D eigenvalue weighted by Gasteiger charge is 2.26. The number of likely N-dealkylation sites (N-methyl/N-ethyl adjacent to an activating group) is 1. The molecule has 1 heterocycles. The second-order valence-electron chi connectivity index (χ2n) is 4.81. The van der Waals surface area contributed by atoms with Crippen molar-refractivity contribution >= 4 is 29.3 Å². The zero-order valence-electron chi connectivity index (χ0n) is 12.3. The summed E-state index contributed by atoms with van der Waals surface area (Å²) in [6.45, 7) is 2.27. The van der Waals surface area contributed by atoms with Gasteiger partial charge in [0.1, 0.15) is 0 Å². The molecule has 21 heavy (non-hydrogen) atoms. The molecular formula is C15H18N2O3S. The molecular weight excluding hydrogens is 288 g/mol. The van der Waals surface area contributed by atoms with Crippen LogP contribution in [0.4, 0.5) is 5.69 Å². The lowest BCUT2D eigenvalue weighted by Gasteiger charge is -2.26. The standard InChI is InChI=1S/C15H18N2O3S/c1-10(9-20-3)16-14(18)8-13-15(19)17(2)11-6-4-5-7-12(11)21-13/h4-8,10H,9H2,1-3H3,(H,16,18)/b13-8+/t10-/m1/s1. The van der Waals surface area contributed by atoms with Crippen LogP contribution in [0.1, 0.15) is 6.92 Å². The summed E-state index contributed by atoms with van der Waals surface area (Å²) in [5, 5.41) is 2.76. The number of thioether (sulfide) groups is 1. The normalized spacial score (nSPS) is 17.6. The molecule has 0 spiro atoms. The van der Waals surface area contributed by atoms with Gasteiger partial charge < -0.3 is 15.0 Å². The van der Waals surface area contributed by atoms with Crippen molar-refractivity contribution in [2.75, 3.05) is 25.7 Å². The van der Waals surface area contributed by atoms with Gasteiger partial charge in [0.2, 0.25) is 5.91 Å². The Labute approximate surface area is 128 Å². The van der Waals surface area contributed by atoms with Gasteiger partial charge in [-0.25, -0.2) is 0 Å². The molecule has 1 atom stereocenters. The average molecular weight is 306 g/mol. The van der Waals surface area contributed by atoms with Gasteiger partial charge in [-0.15, -0.1) is 0 Å². The van der Waals surface area contributed by atoms with Crippen LogP contribution < -0.4 is 10.2 Å². The van der Waals surface area contributed by atoms with Crippen LogP contribution in [-0.4, -0.2) is 38.6 Å². The molecule has 2 rings (SSSR count). The van der Waals surface area contributed by atoms with Gasteiger partial charge in [0, 0.05) is 31.2 Å². The number of hydrogen-bond acceptors (Lipinski definition) is 4. The Bertz CT molecular complexity index is 586. The van der Waals surface area contributed by atoms with Crippen LogP contribution in [0, 0.1) is 0 Å². The van der Waals surface area contributed by atoms with Gasteiger partial charge in [-0.05, 0) is 19.1 Å². The summed E-state index contributed by atoms with van der Waals surface area (Å²) >= 11 is 1.32. The highest BCUT2D eigenvalue weighted by molar-refractivity contribution is 8.04. The number of amides is 2. The molecule has 1 aliphatic rings. The maximum absolute atomic E-state index is 12.3. The third-order valence-corrected chi connectivity index (χ3v) is 4.11. The molecule has 0 saturated heterocycles. The van der Waals surface area contributed by atoms with Gasteiger partial charge in [-0.2, -0.15) is 0 Å². The van der Waals surface area contributed by atoms with E-state index in [4.69, 9.17) is 4.74 Å². The van der Waals surface area contributed by atoms with Crippen LogP contribution in [-0.2, 0) is 14.3 Å². The van der Waals surface area contributed by atoms with E-state index in [9.17, 15) is 9.59 Å². The maximum atomic E-state index is 12.3. The first-order valence-corrected chi connectivity index (χ1v) is 7.40.